The molecule has 0 amide bonds. The molecule has 1 aromatic carbocycles. The Morgan fingerprint density at radius 3 is 2.68 bits per heavy atom. The topological polar surface area (TPSA) is 84.1 Å². The van der Waals surface area contributed by atoms with Gasteiger partial charge in [0, 0.05) is 11.6 Å². The van der Waals surface area contributed by atoms with Crippen molar-refractivity contribution in [2.24, 2.45) is 0 Å². The van der Waals surface area contributed by atoms with Crippen molar-refractivity contribution in [3.8, 4) is 5.69 Å². The Balaban J connectivity index is 0.00000312. The second-order valence-corrected chi connectivity index (χ2v) is 5.48. The summed E-state index contributed by atoms with van der Waals surface area (Å²) in [5, 5.41) is 19.3. The van der Waals surface area contributed by atoms with Gasteiger partial charge in [0.25, 0.3) is 0 Å². The molecule has 0 saturated carbocycles. The van der Waals surface area contributed by atoms with Gasteiger partial charge in [-0.3, -0.25) is 9.69 Å². The Morgan fingerprint density at radius 1 is 1.40 bits per heavy atom. The summed E-state index contributed by atoms with van der Waals surface area (Å²) in [6.07, 6.45) is -4.73. The second-order valence-electron chi connectivity index (χ2n) is 5.05. The van der Waals surface area contributed by atoms with Crippen molar-refractivity contribution in [3.05, 3.63) is 34.6 Å². The molecule has 0 aliphatic heterocycles. The number of aromatic nitrogens is 4. The summed E-state index contributed by atoms with van der Waals surface area (Å²) in [4.78, 5) is 12.2. The smallest absolute Gasteiger partial charge is 0.418 e. The first-order valence-corrected chi connectivity index (χ1v) is 7.11. The standard InChI is InChI=1S/C13H13ClF3N5O2.ClH/c1-21(5-4-12(23)24)7-11-18-19-20-22(11)10-3-2-8(14)6-9(10)13(15,16)17;/h2-3,6H,4-5,7H2,1H3,(H,23,24);1H. The maximum Gasteiger partial charge on any atom is 0.418 e. The van der Waals surface area contributed by atoms with E-state index in [0.717, 1.165) is 10.7 Å². The van der Waals surface area contributed by atoms with Crippen molar-refractivity contribution < 1.29 is 23.1 Å². The average Bonchev–Trinajstić information content (AvgIpc) is 2.92. The van der Waals surface area contributed by atoms with E-state index in [2.05, 4.69) is 15.5 Å². The molecule has 0 fully saturated rings. The van der Waals surface area contributed by atoms with Gasteiger partial charge in [0.15, 0.2) is 5.82 Å². The Morgan fingerprint density at radius 2 is 2.08 bits per heavy atom. The summed E-state index contributed by atoms with van der Waals surface area (Å²) >= 11 is 5.65. The molecule has 12 heteroatoms. The first-order valence-electron chi connectivity index (χ1n) is 6.73. The molecule has 0 bridgehead atoms. The molecular weight excluding hydrogens is 386 g/mol. The molecule has 0 saturated heterocycles. The Kier molecular flexibility index (Phi) is 7.15. The minimum atomic E-state index is -4.63. The van der Waals surface area contributed by atoms with E-state index >= 15 is 0 Å². The molecule has 0 aliphatic rings. The van der Waals surface area contributed by atoms with Crippen LogP contribution in [0.3, 0.4) is 0 Å². The lowest BCUT2D eigenvalue weighted by Crippen LogP contribution is -2.24. The number of carboxylic acid groups (broad SMARTS) is 1. The SMILES string of the molecule is CN(CCC(=O)O)Cc1nnnn1-c1ccc(Cl)cc1C(F)(F)F.Cl. The predicted octanol–water partition coefficient (Wildman–Crippen LogP) is 2.66. The number of benzene rings is 1. The summed E-state index contributed by atoms with van der Waals surface area (Å²) in [5.74, 6) is -0.825. The van der Waals surface area contributed by atoms with Crippen LogP contribution in [0.25, 0.3) is 5.69 Å². The number of hydrogen-bond acceptors (Lipinski definition) is 5. The lowest BCUT2D eigenvalue weighted by molar-refractivity contribution is -0.138. The van der Waals surface area contributed by atoms with E-state index in [0.29, 0.717) is 0 Å². The van der Waals surface area contributed by atoms with Gasteiger partial charge in [0.05, 0.1) is 24.2 Å². The van der Waals surface area contributed by atoms with Crippen LogP contribution in [0, 0.1) is 0 Å². The van der Waals surface area contributed by atoms with Gasteiger partial charge in [-0.05, 0) is 35.7 Å². The second kappa shape index (κ2) is 8.45. The maximum absolute atomic E-state index is 13.2. The number of aliphatic carboxylic acids is 1. The van der Waals surface area contributed by atoms with Gasteiger partial charge in [-0.15, -0.1) is 17.5 Å². The Bertz CT molecular complexity index is 739. The minimum Gasteiger partial charge on any atom is -0.481 e. The molecule has 138 valence electrons. The van der Waals surface area contributed by atoms with Crippen LogP contribution < -0.4 is 0 Å². The van der Waals surface area contributed by atoms with Crippen LogP contribution in [0.4, 0.5) is 13.2 Å². The zero-order valence-corrected chi connectivity index (χ0v) is 14.4. The quantitative estimate of drug-likeness (QED) is 0.803. The summed E-state index contributed by atoms with van der Waals surface area (Å²) in [5.41, 5.74) is -1.21. The lowest BCUT2D eigenvalue weighted by atomic mass is 10.1. The van der Waals surface area contributed by atoms with E-state index in [1.807, 2.05) is 0 Å². The molecule has 1 heterocycles. The van der Waals surface area contributed by atoms with E-state index in [1.165, 1.54) is 12.1 Å². The molecule has 0 aliphatic carbocycles. The fourth-order valence-corrected chi connectivity index (χ4v) is 2.19. The number of alkyl halides is 3. The maximum atomic E-state index is 13.2. The van der Waals surface area contributed by atoms with Crippen molar-refractivity contribution in [1.82, 2.24) is 25.1 Å². The van der Waals surface area contributed by atoms with Gasteiger partial charge in [-0.2, -0.15) is 17.9 Å². The number of rotatable bonds is 6. The fraction of sp³-hybridized carbons (Fsp3) is 0.385. The zero-order chi connectivity index (χ0) is 17.9. The molecule has 25 heavy (non-hydrogen) atoms. The highest BCUT2D eigenvalue weighted by Gasteiger charge is 2.35. The van der Waals surface area contributed by atoms with Crippen molar-refractivity contribution in [1.29, 1.82) is 0 Å². The molecule has 2 rings (SSSR count). The summed E-state index contributed by atoms with van der Waals surface area (Å²) in [7, 11) is 1.62. The first kappa shape index (κ1) is 21.1. The normalized spacial score (nSPS) is 11.4. The van der Waals surface area contributed by atoms with Crippen LogP contribution in [-0.2, 0) is 17.5 Å². The molecule has 1 N–H and O–H groups in total. The first-order chi connectivity index (χ1) is 11.2. The van der Waals surface area contributed by atoms with E-state index in [1.54, 1.807) is 11.9 Å². The molecule has 1 aromatic heterocycles. The van der Waals surface area contributed by atoms with Crippen LogP contribution in [0.5, 0.6) is 0 Å². The van der Waals surface area contributed by atoms with E-state index in [-0.39, 0.29) is 48.5 Å². The number of hydrogen-bond donors (Lipinski definition) is 1. The van der Waals surface area contributed by atoms with Crippen molar-refractivity contribution in [2.75, 3.05) is 13.6 Å². The highest BCUT2D eigenvalue weighted by atomic mass is 35.5. The molecule has 0 unspecified atom stereocenters. The molecule has 0 spiro atoms. The van der Waals surface area contributed by atoms with Crippen LogP contribution in [-0.4, -0.2) is 49.8 Å². The van der Waals surface area contributed by atoms with Gasteiger partial charge in [-0.25, -0.2) is 0 Å². The van der Waals surface area contributed by atoms with Crippen LogP contribution >= 0.6 is 24.0 Å². The lowest BCUT2D eigenvalue weighted by Gasteiger charge is -2.17. The van der Waals surface area contributed by atoms with E-state index < -0.39 is 17.7 Å². The van der Waals surface area contributed by atoms with Crippen LogP contribution in [0.1, 0.15) is 17.8 Å². The third kappa shape index (κ3) is 5.55. The van der Waals surface area contributed by atoms with Gasteiger partial charge >= 0.3 is 12.1 Å². The molecule has 2 aromatic rings. The number of tetrazole rings is 1. The zero-order valence-electron chi connectivity index (χ0n) is 12.9. The van der Waals surface area contributed by atoms with Gasteiger partial charge in [0.2, 0.25) is 0 Å². The van der Waals surface area contributed by atoms with Gasteiger partial charge in [-0.1, -0.05) is 11.6 Å². The summed E-state index contributed by atoms with van der Waals surface area (Å²) in [6.45, 7) is 0.287. The van der Waals surface area contributed by atoms with Crippen LogP contribution in [0.15, 0.2) is 18.2 Å². The summed E-state index contributed by atoms with van der Waals surface area (Å²) < 4.78 is 40.6. The molecular formula is C13H14Cl2F3N5O2. The van der Waals surface area contributed by atoms with Crippen LogP contribution in [0.2, 0.25) is 5.02 Å². The number of halogens is 5. The minimum absolute atomic E-state index is 0. The third-order valence-corrected chi connectivity index (χ3v) is 3.38. The largest absolute Gasteiger partial charge is 0.481 e. The van der Waals surface area contributed by atoms with Crippen molar-refractivity contribution in [3.63, 3.8) is 0 Å². The van der Waals surface area contributed by atoms with E-state index in [4.69, 9.17) is 16.7 Å². The summed E-state index contributed by atoms with van der Waals surface area (Å²) in [6, 6.07) is 3.30. The highest BCUT2D eigenvalue weighted by Crippen LogP contribution is 2.35. The number of carbonyl (C=O) groups is 1. The number of carboxylic acids is 1. The highest BCUT2D eigenvalue weighted by molar-refractivity contribution is 6.30. The average molecular weight is 400 g/mol. The molecule has 7 nitrogen and oxygen atoms in total. The third-order valence-electron chi connectivity index (χ3n) is 3.15. The van der Waals surface area contributed by atoms with E-state index in [9.17, 15) is 18.0 Å². The monoisotopic (exact) mass is 399 g/mol. The van der Waals surface area contributed by atoms with Gasteiger partial charge in [0.1, 0.15) is 0 Å². The predicted molar refractivity (Wildman–Crippen MR) is 85.0 cm³/mol. The van der Waals surface area contributed by atoms with Crippen molar-refractivity contribution in [2.45, 2.75) is 19.1 Å². The molecule has 0 atom stereocenters. The Labute approximate surface area is 151 Å². The molecule has 0 radical (unpaired) electrons. The fourth-order valence-electron chi connectivity index (χ4n) is 2.02. The number of nitrogens with zero attached hydrogens (tertiary/aromatic N) is 5. The van der Waals surface area contributed by atoms with Gasteiger partial charge < -0.3 is 5.11 Å². The van der Waals surface area contributed by atoms with Crippen molar-refractivity contribution >= 4 is 30.0 Å². The Hall–Kier alpha value is -1.91.